The van der Waals surface area contributed by atoms with Crippen LogP contribution in [0.5, 0.6) is 0 Å². The Morgan fingerprint density at radius 3 is 2.40 bits per heavy atom. The minimum absolute atomic E-state index is 0.0620. The van der Waals surface area contributed by atoms with Crippen LogP contribution in [0.3, 0.4) is 0 Å². The summed E-state index contributed by atoms with van der Waals surface area (Å²) in [6.07, 6.45) is 0. The molecule has 0 amide bonds. The minimum Gasteiger partial charge on any atom is -0.305 e. The first-order valence-corrected chi connectivity index (χ1v) is 6.76. The van der Waals surface area contributed by atoms with Gasteiger partial charge in [-0.15, -0.1) is 0 Å². The fourth-order valence-electron chi connectivity index (χ4n) is 2.90. The number of halogens is 2. The average molecular weight is 282 g/mol. The van der Waals surface area contributed by atoms with Gasteiger partial charge in [0.15, 0.2) is 5.78 Å². The predicted octanol–water partition coefficient (Wildman–Crippen LogP) is 2.03. The zero-order chi connectivity index (χ0) is 14.9. The fraction of sp³-hybridized carbons (Fsp3) is 0.533. The van der Waals surface area contributed by atoms with Crippen molar-refractivity contribution in [2.24, 2.45) is 5.92 Å². The lowest BCUT2D eigenvalue weighted by Crippen LogP contribution is -2.35. The molecule has 1 aromatic carbocycles. The van der Waals surface area contributed by atoms with Gasteiger partial charge in [0.25, 0.3) is 0 Å². The first kappa shape index (κ1) is 15.1. The number of Topliss-reactive ketones (excluding diaryl/α,β-unsaturated/α-hetero) is 1. The SMILES string of the molecule is CC1CN(CC(=O)c2c(F)cccc2F)CC1N(C)C. The van der Waals surface area contributed by atoms with Crippen LogP contribution in [0, 0.1) is 17.6 Å². The van der Waals surface area contributed by atoms with Crippen LogP contribution in [0.1, 0.15) is 17.3 Å². The molecule has 1 aliphatic rings. The second-order valence-corrected chi connectivity index (χ2v) is 5.72. The summed E-state index contributed by atoms with van der Waals surface area (Å²) in [5.74, 6) is -1.63. The summed E-state index contributed by atoms with van der Waals surface area (Å²) in [4.78, 5) is 16.2. The molecule has 1 fully saturated rings. The van der Waals surface area contributed by atoms with Crippen LogP contribution in [0.2, 0.25) is 0 Å². The third-order valence-corrected chi connectivity index (χ3v) is 3.92. The number of carbonyl (C=O) groups is 1. The van der Waals surface area contributed by atoms with E-state index in [9.17, 15) is 13.6 Å². The third-order valence-electron chi connectivity index (χ3n) is 3.92. The van der Waals surface area contributed by atoms with E-state index < -0.39 is 23.0 Å². The second kappa shape index (κ2) is 5.97. The van der Waals surface area contributed by atoms with E-state index in [1.54, 1.807) is 0 Å². The van der Waals surface area contributed by atoms with Crippen molar-refractivity contribution < 1.29 is 13.6 Å². The van der Waals surface area contributed by atoms with E-state index in [4.69, 9.17) is 0 Å². The maximum Gasteiger partial charge on any atom is 0.182 e. The summed E-state index contributed by atoms with van der Waals surface area (Å²) < 4.78 is 27.1. The summed E-state index contributed by atoms with van der Waals surface area (Å²) in [6.45, 7) is 3.70. The van der Waals surface area contributed by atoms with Gasteiger partial charge in [0, 0.05) is 19.1 Å². The van der Waals surface area contributed by atoms with Crippen molar-refractivity contribution in [2.75, 3.05) is 33.7 Å². The molecular formula is C15H20F2N2O. The summed E-state index contributed by atoms with van der Waals surface area (Å²) >= 11 is 0. The van der Waals surface area contributed by atoms with Gasteiger partial charge in [-0.1, -0.05) is 13.0 Å². The maximum atomic E-state index is 13.6. The van der Waals surface area contributed by atoms with Crippen molar-refractivity contribution in [1.82, 2.24) is 9.80 Å². The van der Waals surface area contributed by atoms with Gasteiger partial charge in [-0.05, 0) is 32.1 Å². The fourth-order valence-corrected chi connectivity index (χ4v) is 2.90. The monoisotopic (exact) mass is 282 g/mol. The number of likely N-dealkylation sites (tertiary alicyclic amines) is 1. The van der Waals surface area contributed by atoms with E-state index in [-0.39, 0.29) is 6.54 Å². The van der Waals surface area contributed by atoms with Crippen molar-refractivity contribution >= 4 is 5.78 Å². The molecular weight excluding hydrogens is 262 g/mol. The molecule has 2 unspecified atom stereocenters. The molecule has 1 aromatic rings. The largest absolute Gasteiger partial charge is 0.305 e. The molecule has 1 saturated heterocycles. The van der Waals surface area contributed by atoms with E-state index in [0.717, 1.165) is 25.2 Å². The highest BCUT2D eigenvalue weighted by Crippen LogP contribution is 2.21. The average Bonchev–Trinajstić information content (AvgIpc) is 2.70. The van der Waals surface area contributed by atoms with E-state index in [0.29, 0.717) is 12.0 Å². The molecule has 0 aromatic heterocycles. The van der Waals surface area contributed by atoms with Crippen molar-refractivity contribution in [2.45, 2.75) is 13.0 Å². The van der Waals surface area contributed by atoms with Gasteiger partial charge >= 0.3 is 0 Å². The molecule has 0 radical (unpaired) electrons. The molecule has 0 spiro atoms. The van der Waals surface area contributed by atoms with Crippen LogP contribution >= 0.6 is 0 Å². The number of carbonyl (C=O) groups excluding carboxylic acids is 1. The number of nitrogens with zero attached hydrogens (tertiary/aromatic N) is 2. The molecule has 0 aliphatic carbocycles. The predicted molar refractivity (Wildman–Crippen MR) is 73.8 cm³/mol. The summed E-state index contributed by atoms with van der Waals surface area (Å²) in [5.41, 5.74) is -0.423. The smallest absolute Gasteiger partial charge is 0.182 e. The molecule has 0 saturated carbocycles. The summed E-state index contributed by atoms with van der Waals surface area (Å²) in [5, 5.41) is 0. The normalized spacial score (nSPS) is 23.5. The topological polar surface area (TPSA) is 23.6 Å². The maximum absolute atomic E-state index is 13.6. The van der Waals surface area contributed by atoms with Crippen LogP contribution < -0.4 is 0 Å². The van der Waals surface area contributed by atoms with Crippen molar-refractivity contribution in [3.05, 3.63) is 35.4 Å². The Morgan fingerprint density at radius 1 is 1.30 bits per heavy atom. The third kappa shape index (κ3) is 3.04. The number of likely N-dealkylation sites (N-methyl/N-ethyl adjacent to an activating group) is 1. The molecule has 20 heavy (non-hydrogen) atoms. The van der Waals surface area contributed by atoms with Crippen LogP contribution in [0.25, 0.3) is 0 Å². The molecule has 0 bridgehead atoms. The van der Waals surface area contributed by atoms with Gasteiger partial charge in [0.2, 0.25) is 0 Å². The van der Waals surface area contributed by atoms with E-state index in [1.165, 1.54) is 6.07 Å². The highest BCUT2D eigenvalue weighted by atomic mass is 19.1. The molecule has 0 N–H and O–H groups in total. The molecule has 2 atom stereocenters. The lowest BCUT2D eigenvalue weighted by Gasteiger charge is -2.22. The number of benzene rings is 1. The molecule has 1 aliphatic heterocycles. The van der Waals surface area contributed by atoms with E-state index >= 15 is 0 Å². The standard InChI is InChI=1S/C15H20F2N2O/c1-10-7-19(8-13(10)18(2)3)9-14(20)15-11(16)5-4-6-12(15)17/h4-6,10,13H,7-9H2,1-3H3. The Hall–Kier alpha value is -1.33. The zero-order valence-corrected chi connectivity index (χ0v) is 12.1. The highest BCUT2D eigenvalue weighted by Gasteiger charge is 2.32. The Kier molecular flexibility index (Phi) is 4.50. The molecule has 1 heterocycles. The van der Waals surface area contributed by atoms with Gasteiger partial charge in [0.1, 0.15) is 11.6 Å². The number of rotatable bonds is 4. The lowest BCUT2D eigenvalue weighted by atomic mass is 10.1. The van der Waals surface area contributed by atoms with Crippen molar-refractivity contribution in [3.63, 3.8) is 0 Å². The molecule has 110 valence electrons. The Bertz CT molecular complexity index is 484. The van der Waals surface area contributed by atoms with Gasteiger partial charge < -0.3 is 4.90 Å². The van der Waals surface area contributed by atoms with Gasteiger partial charge in [-0.3, -0.25) is 9.69 Å². The Labute approximate surface area is 118 Å². The Balaban J connectivity index is 2.06. The lowest BCUT2D eigenvalue weighted by molar-refractivity contribution is 0.0932. The molecule has 5 heteroatoms. The minimum atomic E-state index is -0.786. The van der Waals surface area contributed by atoms with Crippen LogP contribution in [0.4, 0.5) is 8.78 Å². The van der Waals surface area contributed by atoms with Crippen LogP contribution in [-0.4, -0.2) is 55.4 Å². The number of ketones is 1. The van der Waals surface area contributed by atoms with Crippen LogP contribution in [0.15, 0.2) is 18.2 Å². The zero-order valence-electron chi connectivity index (χ0n) is 12.1. The number of hydrogen-bond donors (Lipinski definition) is 0. The van der Waals surface area contributed by atoms with Crippen molar-refractivity contribution in [1.29, 1.82) is 0 Å². The van der Waals surface area contributed by atoms with E-state index in [1.807, 2.05) is 19.0 Å². The number of hydrogen-bond acceptors (Lipinski definition) is 3. The molecule has 3 nitrogen and oxygen atoms in total. The first-order valence-electron chi connectivity index (χ1n) is 6.76. The quantitative estimate of drug-likeness (QED) is 0.790. The second-order valence-electron chi connectivity index (χ2n) is 5.72. The Morgan fingerprint density at radius 2 is 1.90 bits per heavy atom. The van der Waals surface area contributed by atoms with Crippen molar-refractivity contribution in [3.8, 4) is 0 Å². The van der Waals surface area contributed by atoms with Gasteiger partial charge in [0.05, 0.1) is 12.1 Å². The van der Waals surface area contributed by atoms with Gasteiger partial charge in [-0.2, -0.15) is 0 Å². The van der Waals surface area contributed by atoms with Gasteiger partial charge in [-0.25, -0.2) is 8.78 Å². The summed E-state index contributed by atoms with van der Waals surface area (Å²) in [6, 6.07) is 3.87. The highest BCUT2D eigenvalue weighted by molar-refractivity contribution is 5.98. The van der Waals surface area contributed by atoms with Crippen LogP contribution in [-0.2, 0) is 0 Å². The van der Waals surface area contributed by atoms with E-state index in [2.05, 4.69) is 11.8 Å². The summed E-state index contributed by atoms with van der Waals surface area (Å²) in [7, 11) is 4.01. The molecule has 2 rings (SSSR count). The first-order chi connectivity index (χ1) is 9.40.